The molecule has 2 rings (SSSR count). The summed E-state index contributed by atoms with van der Waals surface area (Å²) >= 11 is 0. The summed E-state index contributed by atoms with van der Waals surface area (Å²) in [7, 11) is 1.75. The Morgan fingerprint density at radius 1 is 1.28 bits per heavy atom. The summed E-state index contributed by atoms with van der Waals surface area (Å²) in [6.07, 6.45) is 5.07. The van der Waals surface area contributed by atoms with Gasteiger partial charge < -0.3 is 5.32 Å². The monoisotopic (exact) mass is 249 g/mol. The molecule has 3 nitrogen and oxygen atoms in total. The quantitative estimate of drug-likeness (QED) is 0.903. The first kappa shape index (κ1) is 12.6. The maximum Gasteiger partial charge on any atom is 0.162 e. The lowest BCUT2D eigenvalue weighted by Gasteiger charge is -2.15. The maximum atomic E-state index is 13.6. The zero-order valence-electron chi connectivity index (χ0n) is 9.90. The van der Waals surface area contributed by atoms with Gasteiger partial charge in [-0.1, -0.05) is 12.1 Å². The lowest BCUT2D eigenvalue weighted by molar-refractivity contribution is 0.484. The number of halogens is 2. The maximum absolute atomic E-state index is 13.6. The van der Waals surface area contributed by atoms with Crippen LogP contribution in [-0.4, -0.2) is 17.0 Å². The topological polar surface area (TPSA) is 37.8 Å². The minimum absolute atomic E-state index is 0.199. The molecule has 1 atom stereocenters. The summed E-state index contributed by atoms with van der Waals surface area (Å²) in [4.78, 5) is 8.12. The fraction of sp³-hybridized carbons (Fsp3) is 0.231. The molecule has 1 heterocycles. The fourth-order valence-corrected chi connectivity index (χ4v) is 1.77. The molecule has 0 aliphatic rings. The van der Waals surface area contributed by atoms with E-state index in [1.54, 1.807) is 31.7 Å². The van der Waals surface area contributed by atoms with Gasteiger partial charge in [0.2, 0.25) is 0 Å². The predicted octanol–water partition coefficient (Wildman–Crippen LogP) is 2.26. The van der Waals surface area contributed by atoms with Gasteiger partial charge in [-0.3, -0.25) is 9.97 Å². The van der Waals surface area contributed by atoms with Crippen LogP contribution >= 0.6 is 0 Å². The molecule has 0 bridgehead atoms. The number of benzene rings is 1. The van der Waals surface area contributed by atoms with Gasteiger partial charge in [0.05, 0.1) is 11.7 Å². The first-order valence-electron chi connectivity index (χ1n) is 5.58. The van der Waals surface area contributed by atoms with Gasteiger partial charge in [-0.15, -0.1) is 0 Å². The third kappa shape index (κ3) is 2.68. The Bertz CT molecular complexity index is 517. The van der Waals surface area contributed by atoms with Crippen molar-refractivity contribution >= 4 is 0 Å². The Morgan fingerprint density at radius 3 is 2.78 bits per heavy atom. The van der Waals surface area contributed by atoms with Crippen LogP contribution in [-0.2, 0) is 6.42 Å². The molecule has 0 saturated carbocycles. The average molecular weight is 249 g/mol. The normalized spacial score (nSPS) is 12.4. The van der Waals surface area contributed by atoms with Gasteiger partial charge >= 0.3 is 0 Å². The van der Waals surface area contributed by atoms with Crippen molar-refractivity contribution in [3.8, 4) is 0 Å². The van der Waals surface area contributed by atoms with Gasteiger partial charge in [0.25, 0.3) is 0 Å². The van der Waals surface area contributed by atoms with E-state index >= 15 is 0 Å². The van der Waals surface area contributed by atoms with Gasteiger partial charge in [0, 0.05) is 18.6 Å². The largest absolute Gasteiger partial charge is 0.311 e. The van der Waals surface area contributed by atoms with Crippen molar-refractivity contribution in [2.75, 3.05) is 7.05 Å². The molecule has 5 heteroatoms. The van der Waals surface area contributed by atoms with Crippen molar-refractivity contribution in [3.63, 3.8) is 0 Å². The molecule has 0 aliphatic carbocycles. The number of nitrogens with one attached hydrogen (secondary N) is 1. The first-order chi connectivity index (χ1) is 8.72. The summed E-state index contributed by atoms with van der Waals surface area (Å²) < 4.78 is 26.7. The van der Waals surface area contributed by atoms with Gasteiger partial charge in [-0.2, -0.15) is 0 Å². The summed E-state index contributed by atoms with van der Waals surface area (Å²) in [6.45, 7) is 0. The van der Waals surface area contributed by atoms with Gasteiger partial charge in [0.1, 0.15) is 0 Å². The molecule has 2 aromatic rings. The first-order valence-corrected chi connectivity index (χ1v) is 5.58. The van der Waals surface area contributed by atoms with Gasteiger partial charge in [0.15, 0.2) is 11.6 Å². The molecule has 0 spiro atoms. The number of hydrogen-bond acceptors (Lipinski definition) is 3. The molecular weight excluding hydrogens is 236 g/mol. The minimum atomic E-state index is -0.832. The molecule has 1 unspecified atom stereocenters. The third-order valence-corrected chi connectivity index (χ3v) is 2.74. The highest BCUT2D eigenvalue weighted by Gasteiger charge is 2.15. The molecule has 1 aromatic heterocycles. The molecule has 1 aromatic carbocycles. The fourth-order valence-electron chi connectivity index (χ4n) is 1.77. The Labute approximate surface area is 104 Å². The molecule has 18 heavy (non-hydrogen) atoms. The standard InChI is InChI=1S/C13H13F2N3/c1-16-11(12-8-17-5-6-18-12)7-9-3-2-4-10(14)13(9)15/h2-6,8,11,16H,7H2,1H3. The Balaban J connectivity index is 2.24. The second kappa shape index (κ2) is 5.64. The molecule has 0 fully saturated rings. The van der Waals surface area contributed by atoms with Crippen molar-refractivity contribution in [1.82, 2.24) is 15.3 Å². The molecule has 1 N–H and O–H groups in total. The van der Waals surface area contributed by atoms with E-state index in [1.807, 2.05) is 0 Å². The molecule has 0 radical (unpaired) electrons. The highest BCUT2D eigenvalue weighted by atomic mass is 19.2. The Morgan fingerprint density at radius 2 is 2.11 bits per heavy atom. The van der Waals surface area contributed by atoms with Crippen molar-refractivity contribution in [1.29, 1.82) is 0 Å². The van der Waals surface area contributed by atoms with Crippen LogP contribution in [0.1, 0.15) is 17.3 Å². The Hall–Kier alpha value is -1.88. The summed E-state index contributed by atoms with van der Waals surface area (Å²) in [5, 5.41) is 3.02. The molecular formula is C13H13F2N3. The van der Waals surface area contributed by atoms with Crippen molar-refractivity contribution in [2.45, 2.75) is 12.5 Å². The highest BCUT2D eigenvalue weighted by molar-refractivity contribution is 5.21. The molecule has 0 saturated heterocycles. The van der Waals surface area contributed by atoms with E-state index in [0.717, 1.165) is 6.07 Å². The molecule has 0 amide bonds. The number of nitrogens with zero attached hydrogens (tertiary/aromatic N) is 2. The van der Waals surface area contributed by atoms with Crippen LogP contribution in [0.5, 0.6) is 0 Å². The Kier molecular flexibility index (Phi) is 3.94. The van der Waals surface area contributed by atoms with E-state index in [0.29, 0.717) is 17.7 Å². The number of hydrogen-bond donors (Lipinski definition) is 1. The van der Waals surface area contributed by atoms with Crippen LogP contribution in [0.3, 0.4) is 0 Å². The van der Waals surface area contributed by atoms with E-state index in [4.69, 9.17) is 0 Å². The minimum Gasteiger partial charge on any atom is -0.311 e. The zero-order chi connectivity index (χ0) is 13.0. The summed E-state index contributed by atoms with van der Waals surface area (Å²) in [5.41, 5.74) is 1.02. The summed E-state index contributed by atoms with van der Waals surface area (Å²) in [6, 6.07) is 3.97. The number of aromatic nitrogens is 2. The van der Waals surface area contributed by atoms with Crippen LogP contribution < -0.4 is 5.32 Å². The third-order valence-electron chi connectivity index (χ3n) is 2.74. The zero-order valence-corrected chi connectivity index (χ0v) is 9.90. The second-order valence-electron chi connectivity index (χ2n) is 3.89. The van der Waals surface area contributed by atoms with E-state index < -0.39 is 11.6 Å². The second-order valence-corrected chi connectivity index (χ2v) is 3.89. The smallest absolute Gasteiger partial charge is 0.162 e. The van der Waals surface area contributed by atoms with Gasteiger partial charge in [-0.25, -0.2) is 8.78 Å². The lowest BCUT2D eigenvalue weighted by atomic mass is 10.0. The van der Waals surface area contributed by atoms with Crippen LogP contribution in [0, 0.1) is 11.6 Å². The molecule has 94 valence electrons. The van der Waals surface area contributed by atoms with Crippen molar-refractivity contribution < 1.29 is 8.78 Å². The van der Waals surface area contributed by atoms with E-state index in [1.165, 1.54) is 6.07 Å². The predicted molar refractivity (Wildman–Crippen MR) is 63.9 cm³/mol. The van der Waals surface area contributed by atoms with Gasteiger partial charge in [-0.05, 0) is 25.1 Å². The van der Waals surface area contributed by atoms with Crippen LogP contribution in [0.25, 0.3) is 0 Å². The van der Waals surface area contributed by atoms with E-state index in [9.17, 15) is 8.78 Å². The molecule has 0 aliphatic heterocycles. The number of rotatable bonds is 4. The SMILES string of the molecule is CNC(Cc1cccc(F)c1F)c1cnccn1. The van der Waals surface area contributed by atoms with Crippen LogP contribution in [0.4, 0.5) is 8.78 Å². The lowest BCUT2D eigenvalue weighted by Crippen LogP contribution is -2.20. The highest BCUT2D eigenvalue weighted by Crippen LogP contribution is 2.19. The van der Waals surface area contributed by atoms with Crippen molar-refractivity contribution in [3.05, 3.63) is 59.7 Å². The van der Waals surface area contributed by atoms with Crippen LogP contribution in [0.15, 0.2) is 36.8 Å². The number of likely N-dealkylation sites (N-methyl/N-ethyl adjacent to an activating group) is 1. The van der Waals surface area contributed by atoms with E-state index in [2.05, 4.69) is 15.3 Å². The van der Waals surface area contributed by atoms with E-state index in [-0.39, 0.29) is 6.04 Å². The van der Waals surface area contributed by atoms with Crippen LogP contribution in [0.2, 0.25) is 0 Å². The summed E-state index contributed by atoms with van der Waals surface area (Å²) in [5.74, 6) is -1.64. The van der Waals surface area contributed by atoms with Crippen molar-refractivity contribution in [2.24, 2.45) is 0 Å². The average Bonchev–Trinajstić information content (AvgIpc) is 2.41.